The van der Waals surface area contributed by atoms with Crippen molar-refractivity contribution in [3.8, 4) is 0 Å². The smallest absolute Gasteiger partial charge is 0.341 e. The fourth-order valence-corrected chi connectivity index (χ4v) is 2.51. The summed E-state index contributed by atoms with van der Waals surface area (Å²) < 4.78 is 0. The molecule has 0 atom stereocenters. The van der Waals surface area contributed by atoms with Gasteiger partial charge in [0.15, 0.2) is 0 Å². The van der Waals surface area contributed by atoms with Crippen LogP contribution in [-0.4, -0.2) is 43.8 Å². The molecular weight excluding hydrogens is 296 g/mol. The van der Waals surface area contributed by atoms with Crippen molar-refractivity contribution in [2.45, 2.75) is 70.6 Å². The van der Waals surface area contributed by atoms with Crippen molar-refractivity contribution in [2.75, 3.05) is 10.6 Å². The fourth-order valence-electron chi connectivity index (χ4n) is 2.51. The molecule has 0 aliphatic heterocycles. The molecule has 1 aliphatic rings. The molecule has 0 saturated heterocycles. The highest BCUT2D eigenvalue weighted by Crippen LogP contribution is 2.24. The first kappa shape index (κ1) is 17.5. The predicted octanol–water partition coefficient (Wildman–Crippen LogP) is 2.49. The second-order valence-electron chi connectivity index (χ2n) is 6.77. The number of carboxylic acid groups (broad SMARTS) is 1. The van der Waals surface area contributed by atoms with Crippen LogP contribution in [-0.2, 0) is 0 Å². The molecule has 7 heteroatoms. The van der Waals surface area contributed by atoms with E-state index in [1.165, 1.54) is 6.20 Å². The fraction of sp³-hybridized carbons (Fsp3) is 0.688. The minimum atomic E-state index is -1.05. The monoisotopic (exact) mass is 322 g/mol. The van der Waals surface area contributed by atoms with Crippen LogP contribution in [0.5, 0.6) is 0 Å². The van der Waals surface area contributed by atoms with Crippen LogP contribution in [0, 0.1) is 0 Å². The maximum atomic E-state index is 11.4. The number of carbonyl (C=O) groups is 1. The number of rotatable bonds is 6. The average molecular weight is 322 g/mol. The minimum Gasteiger partial charge on any atom is -0.477 e. The second kappa shape index (κ2) is 7.12. The Balaban J connectivity index is 2.17. The van der Waals surface area contributed by atoms with E-state index in [0.29, 0.717) is 11.8 Å². The summed E-state index contributed by atoms with van der Waals surface area (Å²) in [7, 11) is 0. The number of carboxylic acids is 1. The van der Waals surface area contributed by atoms with Crippen LogP contribution in [0.3, 0.4) is 0 Å². The van der Waals surface area contributed by atoms with E-state index in [4.69, 9.17) is 0 Å². The van der Waals surface area contributed by atoms with Gasteiger partial charge in [-0.25, -0.2) is 9.78 Å². The first-order valence-corrected chi connectivity index (χ1v) is 8.14. The van der Waals surface area contributed by atoms with Gasteiger partial charge in [0.1, 0.15) is 11.4 Å². The standard InChI is InChI=1S/C16H26N4O3/c1-4-16(2,3)20-13-12(14(22)23)9-17-15(19-13)18-10-5-7-11(21)8-6-10/h9-11,21H,4-8H2,1-3H3,(H,22,23)(H2,17,18,19,20). The maximum absolute atomic E-state index is 11.4. The number of nitrogens with zero attached hydrogens (tertiary/aromatic N) is 2. The van der Waals surface area contributed by atoms with Gasteiger partial charge in [0, 0.05) is 17.8 Å². The third-order valence-electron chi connectivity index (χ3n) is 4.39. The van der Waals surface area contributed by atoms with E-state index < -0.39 is 5.97 Å². The van der Waals surface area contributed by atoms with Crippen LogP contribution in [0.2, 0.25) is 0 Å². The molecule has 1 aromatic rings. The summed E-state index contributed by atoms with van der Waals surface area (Å²) in [5.41, 5.74) is -0.193. The van der Waals surface area contributed by atoms with Crippen molar-refractivity contribution in [2.24, 2.45) is 0 Å². The van der Waals surface area contributed by atoms with Crippen LogP contribution in [0.1, 0.15) is 63.2 Å². The topological polar surface area (TPSA) is 107 Å². The normalized spacial score (nSPS) is 21.7. The van der Waals surface area contributed by atoms with Gasteiger partial charge < -0.3 is 20.8 Å². The SMILES string of the molecule is CCC(C)(C)Nc1nc(NC2CCC(O)CC2)ncc1C(=O)O. The molecular formula is C16H26N4O3. The summed E-state index contributed by atoms with van der Waals surface area (Å²) in [4.78, 5) is 19.9. The van der Waals surface area contributed by atoms with Crippen molar-refractivity contribution in [3.05, 3.63) is 11.8 Å². The Hall–Kier alpha value is -1.89. The summed E-state index contributed by atoms with van der Waals surface area (Å²) >= 11 is 0. The van der Waals surface area contributed by atoms with Crippen LogP contribution >= 0.6 is 0 Å². The number of anilines is 2. The van der Waals surface area contributed by atoms with Crippen LogP contribution < -0.4 is 10.6 Å². The summed E-state index contributed by atoms with van der Waals surface area (Å²) in [6.45, 7) is 6.02. The Bertz CT molecular complexity index is 554. The van der Waals surface area contributed by atoms with E-state index in [0.717, 1.165) is 32.1 Å². The maximum Gasteiger partial charge on any atom is 0.341 e. The van der Waals surface area contributed by atoms with Gasteiger partial charge in [-0.05, 0) is 46.0 Å². The van der Waals surface area contributed by atoms with Gasteiger partial charge in [-0.3, -0.25) is 0 Å². The summed E-state index contributed by atoms with van der Waals surface area (Å²) in [6.07, 6.45) is 5.19. The van der Waals surface area contributed by atoms with Crippen molar-refractivity contribution in [1.82, 2.24) is 9.97 Å². The second-order valence-corrected chi connectivity index (χ2v) is 6.77. The number of nitrogens with one attached hydrogen (secondary N) is 2. The zero-order chi connectivity index (χ0) is 17.0. The van der Waals surface area contributed by atoms with E-state index in [-0.39, 0.29) is 23.2 Å². The highest BCUT2D eigenvalue weighted by Gasteiger charge is 2.23. The first-order chi connectivity index (χ1) is 10.8. The molecule has 128 valence electrons. The minimum absolute atomic E-state index is 0.0659. The molecule has 2 rings (SSSR count). The lowest BCUT2D eigenvalue weighted by molar-refractivity contribution is 0.0697. The molecule has 0 bridgehead atoms. The predicted molar refractivity (Wildman–Crippen MR) is 88.9 cm³/mol. The zero-order valence-electron chi connectivity index (χ0n) is 14.0. The van der Waals surface area contributed by atoms with Gasteiger partial charge in [-0.15, -0.1) is 0 Å². The molecule has 1 aliphatic carbocycles. The molecule has 0 unspecified atom stereocenters. The lowest BCUT2D eigenvalue weighted by atomic mass is 9.93. The van der Waals surface area contributed by atoms with Gasteiger partial charge in [0.2, 0.25) is 5.95 Å². The van der Waals surface area contributed by atoms with Crippen molar-refractivity contribution >= 4 is 17.7 Å². The molecule has 1 saturated carbocycles. The lowest BCUT2D eigenvalue weighted by Crippen LogP contribution is -2.32. The largest absolute Gasteiger partial charge is 0.477 e. The van der Waals surface area contributed by atoms with Crippen molar-refractivity contribution in [3.63, 3.8) is 0 Å². The molecule has 0 amide bonds. The number of aromatic carboxylic acids is 1. The van der Waals surface area contributed by atoms with Crippen LogP contribution in [0.15, 0.2) is 6.20 Å². The average Bonchev–Trinajstić information content (AvgIpc) is 2.49. The molecule has 0 aromatic carbocycles. The van der Waals surface area contributed by atoms with E-state index in [1.54, 1.807) is 0 Å². The zero-order valence-corrected chi connectivity index (χ0v) is 14.0. The van der Waals surface area contributed by atoms with Gasteiger partial charge in [-0.2, -0.15) is 4.98 Å². The Morgan fingerprint density at radius 2 is 2.00 bits per heavy atom. The van der Waals surface area contributed by atoms with Gasteiger partial charge >= 0.3 is 5.97 Å². The molecule has 0 spiro atoms. The Morgan fingerprint density at radius 3 is 2.57 bits per heavy atom. The van der Waals surface area contributed by atoms with Gasteiger partial charge in [-0.1, -0.05) is 6.92 Å². The summed E-state index contributed by atoms with van der Waals surface area (Å²) in [5.74, 6) is -0.296. The Morgan fingerprint density at radius 1 is 1.35 bits per heavy atom. The highest BCUT2D eigenvalue weighted by molar-refractivity contribution is 5.93. The molecule has 23 heavy (non-hydrogen) atoms. The molecule has 1 heterocycles. The lowest BCUT2D eigenvalue weighted by Gasteiger charge is -2.28. The van der Waals surface area contributed by atoms with E-state index in [1.807, 2.05) is 20.8 Å². The van der Waals surface area contributed by atoms with Crippen LogP contribution in [0.25, 0.3) is 0 Å². The van der Waals surface area contributed by atoms with E-state index in [2.05, 4.69) is 20.6 Å². The van der Waals surface area contributed by atoms with E-state index >= 15 is 0 Å². The molecule has 1 aromatic heterocycles. The van der Waals surface area contributed by atoms with Gasteiger partial charge in [0.25, 0.3) is 0 Å². The number of aliphatic hydroxyl groups excluding tert-OH is 1. The Kier molecular flexibility index (Phi) is 5.41. The Labute approximate surface area is 136 Å². The van der Waals surface area contributed by atoms with Crippen LogP contribution in [0.4, 0.5) is 11.8 Å². The molecule has 7 nitrogen and oxygen atoms in total. The number of hydrogen-bond acceptors (Lipinski definition) is 6. The van der Waals surface area contributed by atoms with Crippen molar-refractivity contribution in [1.29, 1.82) is 0 Å². The highest BCUT2D eigenvalue weighted by atomic mass is 16.4. The van der Waals surface area contributed by atoms with E-state index in [9.17, 15) is 15.0 Å². The van der Waals surface area contributed by atoms with Crippen molar-refractivity contribution < 1.29 is 15.0 Å². The molecule has 0 radical (unpaired) electrons. The molecule has 4 N–H and O–H groups in total. The number of aliphatic hydroxyl groups is 1. The third-order valence-corrected chi connectivity index (χ3v) is 4.39. The van der Waals surface area contributed by atoms with Gasteiger partial charge in [0.05, 0.1) is 6.10 Å². The quantitative estimate of drug-likeness (QED) is 0.637. The summed E-state index contributed by atoms with van der Waals surface area (Å²) in [6, 6.07) is 0.209. The first-order valence-electron chi connectivity index (χ1n) is 8.14. The summed E-state index contributed by atoms with van der Waals surface area (Å²) in [5, 5.41) is 25.3. The third kappa shape index (κ3) is 4.79. The molecule has 1 fully saturated rings. The number of hydrogen-bond donors (Lipinski definition) is 4. The number of aromatic nitrogens is 2.